The summed E-state index contributed by atoms with van der Waals surface area (Å²) in [6.45, 7) is 2.45. The highest BCUT2D eigenvalue weighted by Gasteiger charge is 2.53. The number of carbonyl (C=O) groups is 2. The highest BCUT2D eigenvalue weighted by atomic mass is 32.1. The molecule has 3 aromatic rings. The number of methoxy groups -OCH3 is 1. The average molecular weight is 491 g/mol. The molecular weight excluding hydrogens is 464 g/mol. The topological polar surface area (TPSA) is 78.0 Å². The standard InChI is InChI=1S/C27H26N2O5S/c1-3-33-17-8-6-7-15(13-17)23-22-24(30)18-9-4-5-10-20(18)34-25(22)26(31)29(23)27-28-19-12-11-16(32-2)14-21(19)35-27/h6-8,11-14,18,20,23H,3-5,9-10H2,1-2H3. The van der Waals surface area contributed by atoms with Crippen molar-refractivity contribution in [2.45, 2.75) is 44.8 Å². The van der Waals surface area contributed by atoms with Crippen LogP contribution in [-0.4, -0.2) is 36.5 Å². The number of benzene rings is 2. The summed E-state index contributed by atoms with van der Waals surface area (Å²) in [7, 11) is 1.62. The fraction of sp³-hybridized carbons (Fsp3) is 0.370. The molecule has 6 rings (SSSR count). The van der Waals surface area contributed by atoms with Gasteiger partial charge < -0.3 is 14.2 Å². The summed E-state index contributed by atoms with van der Waals surface area (Å²) in [4.78, 5) is 34.1. The first kappa shape index (κ1) is 22.1. The first-order valence-electron chi connectivity index (χ1n) is 12.0. The van der Waals surface area contributed by atoms with E-state index in [4.69, 9.17) is 19.2 Å². The van der Waals surface area contributed by atoms with Gasteiger partial charge in [0.2, 0.25) is 0 Å². The molecule has 3 heterocycles. The van der Waals surface area contributed by atoms with Gasteiger partial charge in [-0.3, -0.25) is 14.5 Å². The Hall–Kier alpha value is -3.39. The Morgan fingerprint density at radius 1 is 1.11 bits per heavy atom. The average Bonchev–Trinajstić information content (AvgIpc) is 3.42. The van der Waals surface area contributed by atoms with Crippen molar-refractivity contribution in [3.8, 4) is 11.5 Å². The number of fused-ring (bicyclic) bond motifs is 2. The second-order valence-corrected chi connectivity index (χ2v) is 10.1. The third-order valence-corrected chi connectivity index (χ3v) is 8.06. The molecule has 3 atom stereocenters. The molecular formula is C27H26N2O5S. The van der Waals surface area contributed by atoms with Crippen LogP contribution in [0.4, 0.5) is 5.13 Å². The first-order chi connectivity index (χ1) is 17.1. The van der Waals surface area contributed by atoms with Crippen LogP contribution >= 0.6 is 11.3 Å². The van der Waals surface area contributed by atoms with Gasteiger partial charge in [-0.05, 0) is 62.1 Å². The minimum atomic E-state index is -0.615. The Bertz CT molecular complexity index is 1360. The van der Waals surface area contributed by atoms with Crippen molar-refractivity contribution in [3.63, 3.8) is 0 Å². The molecule has 2 aromatic carbocycles. The minimum absolute atomic E-state index is 0.0291. The van der Waals surface area contributed by atoms with Gasteiger partial charge in [-0.2, -0.15) is 0 Å². The van der Waals surface area contributed by atoms with E-state index in [0.717, 1.165) is 47.2 Å². The molecule has 8 heteroatoms. The Labute approximate surface area is 207 Å². The van der Waals surface area contributed by atoms with E-state index in [-0.39, 0.29) is 29.5 Å². The van der Waals surface area contributed by atoms with E-state index < -0.39 is 6.04 Å². The summed E-state index contributed by atoms with van der Waals surface area (Å²) in [6, 6.07) is 12.6. The number of anilines is 1. The number of amides is 1. The first-order valence-corrected chi connectivity index (χ1v) is 12.9. The molecule has 1 fully saturated rings. The summed E-state index contributed by atoms with van der Waals surface area (Å²) >= 11 is 1.40. The molecule has 1 amide bonds. The smallest absolute Gasteiger partial charge is 0.296 e. The number of thiazole rings is 1. The quantitative estimate of drug-likeness (QED) is 0.489. The number of hydrogen-bond donors (Lipinski definition) is 0. The van der Waals surface area contributed by atoms with Crippen molar-refractivity contribution >= 4 is 38.4 Å². The minimum Gasteiger partial charge on any atom is -0.497 e. The Morgan fingerprint density at radius 2 is 1.97 bits per heavy atom. The molecule has 35 heavy (non-hydrogen) atoms. The number of aromatic nitrogens is 1. The molecule has 1 aliphatic carbocycles. The molecule has 1 aromatic heterocycles. The Kier molecular flexibility index (Phi) is 5.48. The molecule has 0 saturated heterocycles. The monoisotopic (exact) mass is 490 g/mol. The van der Waals surface area contributed by atoms with Crippen LogP contribution in [0.1, 0.15) is 44.2 Å². The maximum atomic E-state index is 13.9. The summed E-state index contributed by atoms with van der Waals surface area (Å²) in [5.74, 6) is 1.12. The van der Waals surface area contributed by atoms with Crippen molar-refractivity contribution in [2.24, 2.45) is 5.92 Å². The van der Waals surface area contributed by atoms with Gasteiger partial charge in [0.15, 0.2) is 16.7 Å². The lowest BCUT2D eigenvalue weighted by Gasteiger charge is -2.35. The van der Waals surface area contributed by atoms with Gasteiger partial charge in [0.1, 0.15) is 17.6 Å². The maximum absolute atomic E-state index is 13.9. The Balaban J connectivity index is 1.50. The lowest BCUT2D eigenvalue weighted by atomic mass is 9.77. The second-order valence-electron chi connectivity index (χ2n) is 9.07. The van der Waals surface area contributed by atoms with Gasteiger partial charge in [-0.1, -0.05) is 29.9 Å². The van der Waals surface area contributed by atoms with E-state index in [0.29, 0.717) is 23.1 Å². The van der Waals surface area contributed by atoms with Gasteiger partial charge >= 0.3 is 0 Å². The molecule has 0 N–H and O–H groups in total. The van der Waals surface area contributed by atoms with Crippen molar-refractivity contribution < 1.29 is 23.8 Å². The predicted octanol–water partition coefficient (Wildman–Crippen LogP) is 5.20. The largest absolute Gasteiger partial charge is 0.497 e. The molecule has 2 aliphatic heterocycles. The van der Waals surface area contributed by atoms with E-state index in [9.17, 15) is 9.59 Å². The third-order valence-electron chi connectivity index (χ3n) is 7.04. The van der Waals surface area contributed by atoms with Crippen LogP contribution in [-0.2, 0) is 14.3 Å². The molecule has 7 nitrogen and oxygen atoms in total. The van der Waals surface area contributed by atoms with E-state index in [1.807, 2.05) is 49.4 Å². The van der Waals surface area contributed by atoms with Crippen LogP contribution in [0.25, 0.3) is 10.2 Å². The van der Waals surface area contributed by atoms with Gasteiger partial charge in [0.25, 0.3) is 5.91 Å². The van der Waals surface area contributed by atoms with Crippen molar-refractivity contribution in [1.82, 2.24) is 4.98 Å². The number of rotatable bonds is 5. The molecule has 0 bridgehead atoms. The normalized spacial score (nSPS) is 23.8. The number of Topliss-reactive ketones (excluding diaryl/α,β-unsaturated/α-hetero) is 1. The molecule has 0 radical (unpaired) electrons. The molecule has 3 unspecified atom stereocenters. The molecule has 0 spiro atoms. The summed E-state index contributed by atoms with van der Waals surface area (Å²) in [5.41, 5.74) is 2.02. The van der Waals surface area contributed by atoms with Crippen LogP contribution in [0.15, 0.2) is 53.8 Å². The van der Waals surface area contributed by atoms with Crippen LogP contribution in [0.2, 0.25) is 0 Å². The van der Waals surface area contributed by atoms with Crippen molar-refractivity contribution in [2.75, 3.05) is 18.6 Å². The Morgan fingerprint density at radius 3 is 2.80 bits per heavy atom. The van der Waals surface area contributed by atoms with Crippen molar-refractivity contribution in [3.05, 3.63) is 59.4 Å². The van der Waals surface area contributed by atoms with E-state index in [1.165, 1.54) is 11.3 Å². The van der Waals surface area contributed by atoms with Gasteiger partial charge in [-0.15, -0.1) is 0 Å². The molecule has 3 aliphatic rings. The maximum Gasteiger partial charge on any atom is 0.296 e. The van der Waals surface area contributed by atoms with Crippen LogP contribution in [0.5, 0.6) is 11.5 Å². The van der Waals surface area contributed by atoms with E-state index in [1.54, 1.807) is 12.0 Å². The lowest BCUT2D eigenvalue weighted by molar-refractivity contribution is -0.131. The van der Waals surface area contributed by atoms with Gasteiger partial charge in [0, 0.05) is 0 Å². The molecule has 180 valence electrons. The molecule has 1 saturated carbocycles. The number of carbonyl (C=O) groups excluding carboxylic acids is 2. The zero-order valence-corrected chi connectivity index (χ0v) is 20.5. The summed E-state index contributed by atoms with van der Waals surface area (Å²) < 4.78 is 18.3. The lowest BCUT2D eigenvalue weighted by Crippen LogP contribution is -2.39. The summed E-state index contributed by atoms with van der Waals surface area (Å²) in [6.07, 6.45) is 3.37. The summed E-state index contributed by atoms with van der Waals surface area (Å²) in [5, 5.41) is 0.527. The number of nitrogens with zero attached hydrogens (tertiary/aromatic N) is 2. The predicted molar refractivity (Wildman–Crippen MR) is 133 cm³/mol. The number of hydrogen-bond acceptors (Lipinski definition) is 7. The third kappa shape index (κ3) is 3.58. The second kappa shape index (κ2) is 8.68. The fourth-order valence-corrected chi connectivity index (χ4v) is 6.44. The zero-order chi connectivity index (χ0) is 24.1. The van der Waals surface area contributed by atoms with Crippen molar-refractivity contribution in [1.29, 1.82) is 0 Å². The van der Waals surface area contributed by atoms with Gasteiger partial charge in [-0.25, -0.2) is 4.98 Å². The fourth-order valence-electron chi connectivity index (χ4n) is 5.42. The van der Waals surface area contributed by atoms with Crippen LogP contribution < -0.4 is 14.4 Å². The number of ketones is 1. The van der Waals surface area contributed by atoms with Crippen LogP contribution in [0.3, 0.4) is 0 Å². The van der Waals surface area contributed by atoms with Gasteiger partial charge in [0.05, 0.1) is 41.5 Å². The highest BCUT2D eigenvalue weighted by molar-refractivity contribution is 7.22. The van der Waals surface area contributed by atoms with E-state index in [2.05, 4.69) is 0 Å². The van der Waals surface area contributed by atoms with E-state index >= 15 is 0 Å². The van der Waals surface area contributed by atoms with Crippen LogP contribution in [0, 0.1) is 5.92 Å². The zero-order valence-electron chi connectivity index (χ0n) is 19.7. The highest BCUT2D eigenvalue weighted by Crippen LogP contribution is 2.49. The number of ether oxygens (including phenoxy) is 3. The SMILES string of the molecule is CCOc1cccc(C2C3=C(OC4CCCCC4C3=O)C(=O)N2c2nc3ccc(OC)cc3s2)c1.